The topological polar surface area (TPSA) is 79.3 Å². The van der Waals surface area contributed by atoms with Gasteiger partial charge in [-0.05, 0) is 54.2 Å². The highest BCUT2D eigenvalue weighted by Gasteiger charge is 2.51. The second-order valence-corrected chi connectivity index (χ2v) is 11.1. The van der Waals surface area contributed by atoms with Gasteiger partial charge >= 0.3 is 5.97 Å². The summed E-state index contributed by atoms with van der Waals surface area (Å²) in [4.78, 5) is 29.3. The fourth-order valence-electron chi connectivity index (χ4n) is 4.51. The second-order valence-electron chi connectivity index (χ2n) is 7.90. The number of nitrogens with zero attached hydrogens (tertiary/aromatic N) is 1. The summed E-state index contributed by atoms with van der Waals surface area (Å²) in [6, 6.07) is 13.9. The zero-order chi connectivity index (χ0) is 21.5. The van der Waals surface area contributed by atoms with Crippen LogP contribution in [-0.4, -0.2) is 22.0 Å². The molecule has 2 aliphatic rings. The molecule has 0 spiro atoms. The summed E-state index contributed by atoms with van der Waals surface area (Å²) in [6.07, 6.45) is 4.70. The Labute approximate surface area is 196 Å². The largest absolute Gasteiger partial charge is 0.481 e. The number of benzene rings is 2. The molecule has 31 heavy (non-hydrogen) atoms. The van der Waals surface area contributed by atoms with Crippen LogP contribution in [0.25, 0.3) is 10.2 Å². The molecule has 2 aromatic carbocycles. The fourth-order valence-corrected chi connectivity index (χ4v) is 6.84. The van der Waals surface area contributed by atoms with Crippen LogP contribution in [0, 0.1) is 23.7 Å². The average molecular weight is 515 g/mol. The van der Waals surface area contributed by atoms with Crippen LogP contribution in [0.15, 0.2) is 63.4 Å². The van der Waals surface area contributed by atoms with Crippen LogP contribution >= 0.6 is 39.0 Å². The molecule has 4 atom stereocenters. The third kappa shape index (κ3) is 4.16. The minimum Gasteiger partial charge on any atom is -0.481 e. The summed E-state index contributed by atoms with van der Waals surface area (Å²) >= 11 is 6.74. The molecule has 158 valence electrons. The summed E-state index contributed by atoms with van der Waals surface area (Å²) in [5.41, 5.74) is 2.81. The average Bonchev–Trinajstić information content (AvgIpc) is 3.47. The first-order chi connectivity index (χ1) is 15.0. The van der Waals surface area contributed by atoms with Crippen molar-refractivity contribution in [2.24, 2.45) is 23.7 Å². The van der Waals surface area contributed by atoms with Gasteiger partial charge in [0.1, 0.15) is 0 Å². The van der Waals surface area contributed by atoms with Crippen LogP contribution in [0.1, 0.15) is 12.0 Å². The summed E-state index contributed by atoms with van der Waals surface area (Å²) in [6.45, 7) is 0. The van der Waals surface area contributed by atoms with E-state index in [1.54, 1.807) is 23.1 Å². The number of thioether (sulfide) groups is 1. The lowest BCUT2D eigenvalue weighted by atomic mass is 9.82. The van der Waals surface area contributed by atoms with Crippen molar-refractivity contribution in [1.82, 2.24) is 4.98 Å². The summed E-state index contributed by atoms with van der Waals surface area (Å²) in [7, 11) is 0. The molecule has 3 aromatic rings. The third-order valence-electron chi connectivity index (χ3n) is 5.96. The molecule has 1 amide bonds. The number of carboxylic acids is 1. The van der Waals surface area contributed by atoms with Gasteiger partial charge in [-0.25, -0.2) is 4.98 Å². The van der Waals surface area contributed by atoms with E-state index in [0.29, 0.717) is 5.69 Å². The van der Waals surface area contributed by atoms with Crippen molar-refractivity contribution in [3.05, 3.63) is 64.7 Å². The van der Waals surface area contributed by atoms with Crippen molar-refractivity contribution < 1.29 is 14.7 Å². The van der Waals surface area contributed by atoms with Gasteiger partial charge < -0.3 is 10.4 Å². The van der Waals surface area contributed by atoms with Gasteiger partial charge in [-0.3, -0.25) is 9.59 Å². The molecule has 1 fully saturated rings. The summed E-state index contributed by atoms with van der Waals surface area (Å²) < 4.78 is 3.04. The minimum absolute atomic E-state index is 0.0137. The smallest absolute Gasteiger partial charge is 0.307 e. The fraction of sp³-hybridized carbons (Fsp3) is 0.261. The standard InChI is InChI=1S/C23H19BrN2O3S2/c24-15-5-1-12(2-6-15)11-30-23-26-17-8-7-16(10-18(17)31-23)25-21(27)19-13-3-4-14(9-13)20(19)22(28)29/h1-8,10,13-14,19-20H,9,11H2,(H,25,27)(H,28,29)/t13-,14-,19+,20-/m0/s1. The zero-order valence-electron chi connectivity index (χ0n) is 16.3. The number of halogens is 1. The number of aromatic nitrogens is 1. The summed E-state index contributed by atoms with van der Waals surface area (Å²) in [5, 5.41) is 12.5. The third-order valence-corrected chi connectivity index (χ3v) is 8.72. The SMILES string of the molecule is O=C(O)[C@@H]1[C@H](C(=O)Nc2ccc3nc(SCc4ccc(Br)cc4)sc3c2)[C@H]2C=C[C@H]1C2. The maximum atomic E-state index is 12.9. The van der Waals surface area contributed by atoms with E-state index in [1.807, 2.05) is 42.5 Å². The van der Waals surface area contributed by atoms with Crippen LogP contribution in [0.2, 0.25) is 0 Å². The van der Waals surface area contributed by atoms with E-state index in [-0.39, 0.29) is 17.7 Å². The highest BCUT2D eigenvalue weighted by atomic mass is 79.9. The predicted molar refractivity (Wildman–Crippen MR) is 127 cm³/mol. The van der Waals surface area contributed by atoms with E-state index in [2.05, 4.69) is 38.4 Å². The van der Waals surface area contributed by atoms with Crippen molar-refractivity contribution in [2.75, 3.05) is 5.32 Å². The number of carboxylic acid groups (broad SMARTS) is 1. The van der Waals surface area contributed by atoms with Crippen LogP contribution in [0.5, 0.6) is 0 Å². The number of carbonyl (C=O) groups excluding carboxylic acids is 1. The van der Waals surface area contributed by atoms with Gasteiger partial charge in [0.15, 0.2) is 4.34 Å². The number of allylic oxidation sites excluding steroid dienone is 2. The number of carbonyl (C=O) groups is 2. The molecule has 2 aliphatic carbocycles. The number of amides is 1. The lowest BCUT2D eigenvalue weighted by molar-refractivity contribution is -0.146. The Hall–Kier alpha value is -2.16. The van der Waals surface area contributed by atoms with E-state index in [9.17, 15) is 14.7 Å². The van der Waals surface area contributed by atoms with Gasteiger partial charge in [-0.1, -0.05) is 52.0 Å². The van der Waals surface area contributed by atoms with E-state index in [4.69, 9.17) is 0 Å². The Morgan fingerprint density at radius 1 is 1.13 bits per heavy atom. The molecule has 0 saturated heterocycles. The number of aliphatic carboxylic acids is 1. The molecule has 5 rings (SSSR count). The molecule has 2 N–H and O–H groups in total. The van der Waals surface area contributed by atoms with Gasteiger partial charge in [-0.15, -0.1) is 11.3 Å². The normalized spacial score (nSPS) is 24.0. The minimum atomic E-state index is -0.887. The second kappa shape index (κ2) is 8.41. The molecular weight excluding hydrogens is 496 g/mol. The maximum Gasteiger partial charge on any atom is 0.307 e. The molecule has 2 bridgehead atoms. The zero-order valence-corrected chi connectivity index (χ0v) is 19.5. The molecular formula is C23H19BrN2O3S2. The molecule has 0 radical (unpaired) electrons. The van der Waals surface area contributed by atoms with Crippen molar-refractivity contribution in [2.45, 2.75) is 16.5 Å². The number of fused-ring (bicyclic) bond motifs is 3. The highest BCUT2D eigenvalue weighted by Crippen LogP contribution is 2.48. The molecule has 1 aromatic heterocycles. The van der Waals surface area contributed by atoms with Crippen LogP contribution in [-0.2, 0) is 15.3 Å². The van der Waals surface area contributed by atoms with Gasteiger partial charge in [0.2, 0.25) is 5.91 Å². The first kappa shape index (κ1) is 20.7. The van der Waals surface area contributed by atoms with Crippen LogP contribution in [0.4, 0.5) is 5.69 Å². The van der Waals surface area contributed by atoms with Gasteiger partial charge in [0, 0.05) is 15.9 Å². The van der Waals surface area contributed by atoms with Crippen molar-refractivity contribution in [1.29, 1.82) is 0 Å². The van der Waals surface area contributed by atoms with E-state index in [1.165, 1.54) is 5.56 Å². The highest BCUT2D eigenvalue weighted by molar-refractivity contribution is 9.10. The number of hydrogen-bond donors (Lipinski definition) is 2. The van der Waals surface area contributed by atoms with Gasteiger partial charge in [0.05, 0.1) is 22.1 Å². The molecule has 1 saturated carbocycles. The molecule has 0 unspecified atom stereocenters. The Balaban J connectivity index is 1.29. The molecule has 8 heteroatoms. The van der Waals surface area contributed by atoms with Crippen molar-refractivity contribution in [3.8, 4) is 0 Å². The lowest BCUT2D eigenvalue weighted by Gasteiger charge is -2.23. The maximum absolute atomic E-state index is 12.9. The van der Waals surface area contributed by atoms with E-state index < -0.39 is 17.8 Å². The Bertz CT molecular complexity index is 1190. The quantitative estimate of drug-likeness (QED) is 0.320. The first-order valence-corrected chi connectivity index (χ1v) is 12.6. The molecule has 0 aliphatic heterocycles. The number of anilines is 1. The summed E-state index contributed by atoms with van der Waals surface area (Å²) in [5.74, 6) is -1.43. The molecule has 5 nitrogen and oxygen atoms in total. The molecule has 1 heterocycles. The number of nitrogens with one attached hydrogen (secondary N) is 1. The number of hydrogen-bond acceptors (Lipinski definition) is 5. The Morgan fingerprint density at radius 3 is 2.61 bits per heavy atom. The van der Waals surface area contributed by atoms with Crippen LogP contribution < -0.4 is 5.32 Å². The van der Waals surface area contributed by atoms with E-state index in [0.717, 1.165) is 31.2 Å². The lowest BCUT2D eigenvalue weighted by Crippen LogP contribution is -2.36. The monoisotopic (exact) mass is 514 g/mol. The van der Waals surface area contributed by atoms with Crippen molar-refractivity contribution >= 4 is 66.8 Å². The van der Waals surface area contributed by atoms with Crippen molar-refractivity contribution in [3.63, 3.8) is 0 Å². The van der Waals surface area contributed by atoms with E-state index >= 15 is 0 Å². The van der Waals surface area contributed by atoms with Gasteiger partial charge in [0.25, 0.3) is 0 Å². The Morgan fingerprint density at radius 2 is 1.87 bits per heavy atom. The predicted octanol–water partition coefficient (Wildman–Crippen LogP) is 5.81. The Kier molecular flexibility index (Phi) is 5.62. The van der Waals surface area contributed by atoms with Gasteiger partial charge in [-0.2, -0.15) is 0 Å². The van der Waals surface area contributed by atoms with Crippen LogP contribution in [0.3, 0.4) is 0 Å². The number of thiazole rings is 1. The number of rotatable bonds is 6. The first-order valence-electron chi connectivity index (χ1n) is 9.98.